The summed E-state index contributed by atoms with van der Waals surface area (Å²) in [6.45, 7) is 3.99. The largest absolute Gasteiger partial charge is 0.478 e. The standard InChI is InChI=1S/C26H27FN6O2/c1-3-35-25-23(17-6-7-22-20(12-17)15-30-32(22)2)24(18-4-5-19(14-28)21(27)13-18)31-33(25)16-26(34)8-10-29-11-9-26/h4-7,12-13,15,29,34H,3,8-11,16H2,1-2H3. The predicted octanol–water partition coefficient (Wildman–Crippen LogP) is 3.63. The Balaban J connectivity index is 1.71. The molecule has 1 fully saturated rings. The molecule has 0 saturated carbocycles. The van der Waals surface area contributed by atoms with Crippen LogP contribution in [0.3, 0.4) is 0 Å². The maximum absolute atomic E-state index is 14.6. The van der Waals surface area contributed by atoms with Crippen LogP contribution in [0.15, 0.2) is 42.6 Å². The molecule has 0 unspecified atom stereocenters. The number of rotatable bonds is 6. The summed E-state index contributed by atoms with van der Waals surface area (Å²) >= 11 is 0. The van der Waals surface area contributed by atoms with Gasteiger partial charge in [-0.15, -0.1) is 0 Å². The van der Waals surface area contributed by atoms with E-state index in [0.29, 0.717) is 42.1 Å². The normalized spacial score (nSPS) is 15.3. The van der Waals surface area contributed by atoms with Crippen LogP contribution in [-0.4, -0.2) is 50.0 Å². The molecule has 3 heterocycles. The second-order valence-electron chi connectivity index (χ2n) is 8.94. The van der Waals surface area contributed by atoms with Gasteiger partial charge in [-0.1, -0.05) is 12.1 Å². The number of piperidine rings is 1. The van der Waals surface area contributed by atoms with Gasteiger partial charge in [0.25, 0.3) is 0 Å². The first-order chi connectivity index (χ1) is 16.9. The van der Waals surface area contributed by atoms with E-state index in [4.69, 9.17) is 9.84 Å². The Morgan fingerprint density at radius 2 is 1.97 bits per heavy atom. The second kappa shape index (κ2) is 9.13. The molecule has 8 nitrogen and oxygen atoms in total. The lowest BCUT2D eigenvalue weighted by Gasteiger charge is -2.32. The van der Waals surface area contributed by atoms with Crippen molar-refractivity contribution in [2.24, 2.45) is 7.05 Å². The maximum atomic E-state index is 14.6. The lowest BCUT2D eigenvalue weighted by atomic mass is 9.92. The van der Waals surface area contributed by atoms with E-state index in [0.717, 1.165) is 29.6 Å². The highest BCUT2D eigenvalue weighted by molar-refractivity contribution is 5.91. The molecule has 0 bridgehead atoms. The van der Waals surface area contributed by atoms with Gasteiger partial charge >= 0.3 is 0 Å². The first kappa shape index (κ1) is 23.0. The molecule has 5 rings (SSSR count). The minimum atomic E-state index is -0.930. The van der Waals surface area contributed by atoms with Gasteiger partial charge in [-0.05, 0) is 62.7 Å². The topological polar surface area (TPSA) is 101 Å². The zero-order valence-corrected chi connectivity index (χ0v) is 19.8. The molecular formula is C26H27FN6O2. The third-order valence-corrected chi connectivity index (χ3v) is 6.56. The molecule has 0 atom stereocenters. The summed E-state index contributed by atoms with van der Waals surface area (Å²) in [7, 11) is 1.89. The molecule has 2 N–H and O–H groups in total. The van der Waals surface area contributed by atoms with Gasteiger partial charge in [0.2, 0.25) is 5.88 Å². The van der Waals surface area contributed by atoms with Gasteiger partial charge in [-0.2, -0.15) is 15.5 Å². The molecule has 1 aliphatic heterocycles. The van der Waals surface area contributed by atoms with Crippen LogP contribution >= 0.6 is 0 Å². The summed E-state index contributed by atoms with van der Waals surface area (Å²) in [5.74, 6) is -0.0920. The zero-order chi connectivity index (χ0) is 24.6. The number of nitrogens with zero attached hydrogens (tertiary/aromatic N) is 5. The summed E-state index contributed by atoms with van der Waals surface area (Å²) < 4.78 is 24.2. The minimum absolute atomic E-state index is 0.0273. The molecule has 1 aliphatic rings. The third kappa shape index (κ3) is 4.27. The molecule has 1 saturated heterocycles. The smallest absolute Gasteiger partial charge is 0.220 e. The van der Waals surface area contributed by atoms with Gasteiger partial charge in [-0.25, -0.2) is 9.07 Å². The van der Waals surface area contributed by atoms with Gasteiger partial charge < -0.3 is 15.2 Å². The molecule has 0 amide bonds. The summed E-state index contributed by atoms with van der Waals surface area (Å²) in [4.78, 5) is 0. The van der Waals surface area contributed by atoms with Crippen LogP contribution < -0.4 is 10.1 Å². The molecule has 9 heteroatoms. The number of aromatic nitrogens is 4. The van der Waals surface area contributed by atoms with Gasteiger partial charge in [-0.3, -0.25) is 4.68 Å². The fraction of sp³-hybridized carbons (Fsp3) is 0.346. The highest BCUT2D eigenvalue weighted by Crippen LogP contribution is 2.41. The Kier molecular flexibility index (Phi) is 6.01. The predicted molar refractivity (Wildman–Crippen MR) is 130 cm³/mol. The van der Waals surface area contributed by atoms with E-state index in [2.05, 4.69) is 10.4 Å². The lowest BCUT2D eigenvalue weighted by Crippen LogP contribution is -2.45. The first-order valence-corrected chi connectivity index (χ1v) is 11.7. The number of benzene rings is 2. The van der Waals surface area contributed by atoms with Crippen LogP contribution in [0, 0.1) is 17.1 Å². The zero-order valence-electron chi connectivity index (χ0n) is 19.8. The lowest BCUT2D eigenvalue weighted by molar-refractivity contribution is -0.0102. The number of hydrogen-bond donors (Lipinski definition) is 2. The molecule has 0 radical (unpaired) electrons. The summed E-state index contributed by atoms with van der Waals surface area (Å²) in [6.07, 6.45) is 2.98. The van der Waals surface area contributed by atoms with Crippen LogP contribution in [0.4, 0.5) is 4.39 Å². The molecule has 2 aromatic heterocycles. The van der Waals surface area contributed by atoms with Gasteiger partial charge in [0.05, 0.1) is 41.6 Å². The maximum Gasteiger partial charge on any atom is 0.220 e. The molecular weight excluding hydrogens is 447 g/mol. The fourth-order valence-corrected chi connectivity index (χ4v) is 4.70. The number of hydrogen-bond acceptors (Lipinski definition) is 6. The average molecular weight is 475 g/mol. The van der Waals surface area contributed by atoms with Crippen LogP contribution in [0.5, 0.6) is 5.88 Å². The number of nitriles is 1. The Morgan fingerprint density at radius 1 is 1.20 bits per heavy atom. The quantitative estimate of drug-likeness (QED) is 0.443. The Hall–Kier alpha value is -3.74. The van der Waals surface area contributed by atoms with E-state index in [1.165, 1.54) is 12.1 Å². The van der Waals surface area contributed by atoms with E-state index in [-0.39, 0.29) is 12.1 Å². The molecule has 35 heavy (non-hydrogen) atoms. The van der Waals surface area contributed by atoms with Gasteiger partial charge in [0.15, 0.2) is 0 Å². The molecule has 180 valence electrons. The van der Waals surface area contributed by atoms with Crippen molar-refractivity contribution in [3.63, 3.8) is 0 Å². The van der Waals surface area contributed by atoms with Crippen LogP contribution in [0.2, 0.25) is 0 Å². The summed E-state index contributed by atoms with van der Waals surface area (Å²) in [6, 6.07) is 12.3. The van der Waals surface area contributed by atoms with E-state index in [9.17, 15) is 14.8 Å². The number of fused-ring (bicyclic) bond motifs is 1. The molecule has 0 aliphatic carbocycles. The monoisotopic (exact) mass is 474 g/mol. The van der Waals surface area contributed by atoms with Crippen molar-refractivity contribution in [2.75, 3.05) is 19.7 Å². The average Bonchev–Trinajstić information content (AvgIpc) is 3.39. The van der Waals surface area contributed by atoms with Gasteiger partial charge in [0, 0.05) is 18.0 Å². The SMILES string of the molecule is CCOc1c(-c2ccc3c(cnn3C)c2)c(-c2ccc(C#N)c(F)c2)nn1CC1(O)CCNCC1. The van der Waals surface area contributed by atoms with Crippen molar-refractivity contribution in [1.82, 2.24) is 24.9 Å². The van der Waals surface area contributed by atoms with Crippen LogP contribution in [0.1, 0.15) is 25.3 Å². The van der Waals surface area contributed by atoms with E-state index in [1.807, 2.05) is 38.2 Å². The number of ether oxygens (including phenoxy) is 1. The van der Waals surface area contributed by atoms with Crippen molar-refractivity contribution in [3.05, 3.63) is 54.0 Å². The highest BCUT2D eigenvalue weighted by atomic mass is 19.1. The van der Waals surface area contributed by atoms with Crippen LogP contribution in [0.25, 0.3) is 33.3 Å². The van der Waals surface area contributed by atoms with E-state index < -0.39 is 11.4 Å². The number of halogens is 1. The Bertz CT molecular complexity index is 1430. The molecule has 4 aromatic rings. The van der Waals surface area contributed by atoms with Crippen LogP contribution in [-0.2, 0) is 13.6 Å². The van der Waals surface area contributed by atoms with E-state index in [1.54, 1.807) is 21.6 Å². The van der Waals surface area contributed by atoms with Crippen molar-refractivity contribution in [3.8, 4) is 34.3 Å². The third-order valence-electron chi connectivity index (χ3n) is 6.56. The number of aliphatic hydroxyl groups is 1. The summed E-state index contributed by atoms with van der Waals surface area (Å²) in [5.41, 5.74) is 2.63. The number of aryl methyl sites for hydroxylation is 1. The van der Waals surface area contributed by atoms with Crippen molar-refractivity contribution in [1.29, 1.82) is 5.26 Å². The van der Waals surface area contributed by atoms with Gasteiger partial charge in [0.1, 0.15) is 17.6 Å². The highest BCUT2D eigenvalue weighted by Gasteiger charge is 2.33. The fourth-order valence-electron chi connectivity index (χ4n) is 4.70. The van der Waals surface area contributed by atoms with Crippen molar-refractivity contribution >= 4 is 10.9 Å². The van der Waals surface area contributed by atoms with Crippen molar-refractivity contribution < 1.29 is 14.2 Å². The Labute approximate surface area is 202 Å². The first-order valence-electron chi connectivity index (χ1n) is 11.7. The minimum Gasteiger partial charge on any atom is -0.478 e. The second-order valence-corrected chi connectivity index (χ2v) is 8.94. The molecule has 2 aromatic carbocycles. The van der Waals surface area contributed by atoms with E-state index >= 15 is 0 Å². The van der Waals surface area contributed by atoms with Crippen molar-refractivity contribution in [2.45, 2.75) is 31.9 Å². The summed E-state index contributed by atoms with van der Waals surface area (Å²) in [5, 5.41) is 33.8. The molecule has 0 spiro atoms. The Morgan fingerprint density at radius 3 is 2.69 bits per heavy atom. The number of nitrogens with one attached hydrogen (secondary N) is 1.